The number of carbonyl (C=O) groups excluding carboxylic acids is 2. The van der Waals surface area contributed by atoms with E-state index in [9.17, 15) is 9.59 Å². The van der Waals surface area contributed by atoms with E-state index in [0.717, 1.165) is 33.9 Å². The van der Waals surface area contributed by atoms with Crippen LogP contribution in [0.15, 0.2) is 38.6 Å². The second-order valence-corrected chi connectivity index (χ2v) is 9.15. The lowest BCUT2D eigenvalue weighted by Gasteiger charge is -2.21. The van der Waals surface area contributed by atoms with Crippen LogP contribution in [0.2, 0.25) is 0 Å². The highest BCUT2D eigenvalue weighted by Gasteiger charge is 2.19. The molecule has 1 aromatic heterocycles. The molecule has 1 amide bonds. The highest BCUT2D eigenvalue weighted by Crippen LogP contribution is 2.32. The average molecular weight is 487 g/mol. The van der Waals surface area contributed by atoms with Crippen LogP contribution in [0.25, 0.3) is 0 Å². The maximum atomic E-state index is 12.2. The normalized spacial score (nSPS) is 15.0. The van der Waals surface area contributed by atoms with E-state index in [0.29, 0.717) is 16.1 Å². The van der Waals surface area contributed by atoms with E-state index in [2.05, 4.69) is 37.2 Å². The van der Waals surface area contributed by atoms with Crippen LogP contribution >= 0.6 is 43.2 Å². The van der Waals surface area contributed by atoms with Crippen molar-refractivity contribution >= 4 is 60.8 Å². The number of thiophene rings is 1. The Morgan fingerprint density at radius 3 is 2.36 bits per heavy atom. The van der Waals surface area contributed by atoms with Crippen LogP contribution in [0.1, 0.15) is 52.1 Å². The summed E-state index contributed by atoms with van der Waals surface area (Å²) in [5.41, 5.74) is 1.14. The Morgan fingerprint density at radius 1 is 1.08 bits per heavy atom. The summed E-state index contributed by atoms with van der Waals surface area (Å²) in [6.45, 7) is 0. The lowest BCUT2D eigenvalue weighted by atomic mass is 9.98. The molecule has 2 aromatic rings. The summed E-state index contributed by atoms with van der Waals surface area (Å²) >= 11 is 8.10. The van der Waals surface area contributed by atoms with Crippen LogP contribution in [-0.2, 0) is 4.74 Å². The number of hydrogen-bond acceptors (Lipinski definition) is 4. The fourth-order valence-corrected chi connectivity index (χ4v) is 4.67. The molecule has 0 aliphatic heterocycles. The Bertz CT molecular complexity index is 748. The summed E-state index contributed by atoms with van der Waals surface area (Å²) in [5.74, 6) is -0.482. The molecule has 0 saturated heterocycles. The number of esters is 1. The van der Waals surface area contributed by atoms with Gasteiger partial charge in [0.1, 0.15) is 6.10 Å². The Hall–Kier alpha value is -1.18. The van der Waals surface area contributed by atoms with Crippen molar-refractivity contribution in [3.8, 4) is 0 Å². The molecular formula is C18H17Br2NO3S. The van der Waals surface area contributed by atoms with Gasteiger partial charge in [0.2, 0.25) is 0 Å². The second-order valence-electron chi connectivity index (χ2n) is 5.93. The SMILES string of the molecule is O=C(OC1CCCCC1)c1ccc(NC(=O)c2cc(Br)c(Br)s2)cc1. The molecule has 1 aliphatic rings. The third-order valence-electron chi connectivity index (χ3n) is 4.07. The van der Waals surface area contributed by atoms with Gasteiger partial charge in [-0.25, -0.2) is 4.79 Å². The predicted molar refractivity (Wildman–Crippen MR) is 106 cm³/mol. The van der Waals surface area contributed by atoms with Gasteiger partial charge in [-0.05, 0) is 87.9 Å². The largest absolute Gasteiger partial charge is 0.459 e. The molecule has 25 heavy (non-hydrogen) atoms. The van der Waals surface area contributed by atoms with Crippen molar-refractivity contribution in [1.29, 1.82) is 0 Å². The summed E-state index contributed by atoms with van der Waals surface area (Å²) in [5, 5.41) is 2.82. The Morgan fingerprint density at radius 2 is 1.76 bits per heavy atom. The highest BCUT2D eigenvalue weighted by molar-refractivity contribution is 9.13. The predicted octanol–water partition coefficient (Wildman–Crippen LogP) is 6.01. The highest BCUT2D eigenvalue weighted by atomic mass is 79.9. The number of carbonyl (C=O) groups is 2. The van der Waals surface area contributed by atoms with E-state index >= 15 is 0 Å². The second kappa shape index (κ2) is 8.47. The smallest absolute Gasteiger partial charge is 0.338 e. The van der Waals surface area contributed by atoms with E-state index in [1.807, 2.05) is 0 Å². The molecule has 3 rings (SSSR count). The van der Waals surface area contributed by atoms with E-state index in [1.54, 1.807) is 30.3 Å². The lowest BCUT2D eigenvalue weighted by Crippen LogP contribution is -2.20. The van der Waals surface area contributed by atoms with Crippen molar-refractivity contribution in [3.63, 3.8) is 0 Å². The van der Waals surface area contributed by atoms with Gasteiger partial charge in [0, 0.05) is 10.2 Å². The number of benzene rings is 1. The molecule has 1 saturated carbocycles. The molecule has 1 N–H and O–H groups in total. The fourth-order valence-electron chi connectivity index (χ4n) is 2.74. The van der Waals surface area contributed by atoms with Crippen molar-refractivity contribution in [1.82, 2.24) is 0 Å². The lowest BCUT2D eigenvalue weighted by molar-refractivity contribution is 0.0211. The number of rotatable bonds is 4. The number of nitrogens with one attached hydrogen (secondary N) is 1. The molecule has 1 aliphatic carbocycles. The minimum atomic E-state index is -0.295. The van der Waals surface area contributed by atoms with Crippen molar-refractivity contribution in [2.75, 3.05) is 5.32 Å². The minimum absolute atomic E-state index is 0.0383. The quantitative estimate of drug-likeness (QED) is 0.538. The topological polar surface area (TPSA) is 55.4 Å². The van der Waals surface area contributed by atoms with E-state index in [-0.39, 0.29) is 18.0 Å². The van der Waals surface area contributed by atoms with E-state index in [4.69, 9.17) is 4.74 Å². The van der Waals surface area contributed by atoms with Crippen LogP contribution in [0.3, 0.4) is 0 Å². The number of hydrogen-bond donors (Lipinski definition) is 1. The summed E-state index contributed by atoms with van der Waals surface area (Å²) < 4.78 is 7.27. The Kier molecular flexibility index (Phi) is 6.30. The molecule has 0 radical (unpaired) electrons. The number of halogens is 2. The first-order chi connectivity index (χ1) is 12.0. The minimum Gasteiger partial charge on any atom is -0.459 e. The summed E-state index contributed by atoms with van der Waals surface area (Å²) in [6.07, 6.45) is 5.41. The van der Waals surface area contributed by atoms with Crippen LogP contribution in [0, 0.1) is 0 Å². The third-order valence-corrected chi connectivity index (χ3v) is 7.33. The van der Waals surface area contributed by atoms with Gasteiger partial charge in [0.25, 0.3) is 5.91 Å². The number of amides is 1. The Labute approximate surface area is 167 Å². The van der Waals surface area contributed by atoms with Crippen LogP contribution in [0.5, 0.6) is 0 Å². The van der Waals surface area contributed by atoms with Crippen molar-refractivity contribution in [2.24, 2.45) is 0 Å². The van der Waals surface area contributed by atoms with Gasteiger partial charge in [0.15, 0.2) is 0 Å². The first-order valence-corrected chi connectivity index (χ1v) is 10.5. The third kappa shape index (κ3) is 4.92. The standard InChI is InChI=1S/C18H17Br2NO3S/c19-14-10-15(25-16(14)20)17(22)21-12-8-6-11(7-9-12)18(23)24-13-4-2-1-3-5-13/h6-10,13H,1-5H2,(H,21,22). The molecule has 0 unspecified atom stereocenters. The van der Waals surface area contributed by atoms with Crippen molar-refractivity contribution in [3.05, 3.63) is 49.0 Å². The molecule has 7 heteroatoms. The Balaban J connectivity index is 1.59. The van der Waals surface area contributed by atoms with Crippen molar-refractivity contribution < 1.29 is 14.3 Å². The molecule has 1 heterocycles. The number of anilines is 1. The van der Waals surface area contributed by atoms with Crippen molar-refractivity contribution in [2.45, 2.75) is 38.2 Å². The number of ether oxygens (including phenoxy) is 1. The van der Waals surface area contributed by atoms with E-state index < -0.39 is 0 Å². The van der Waals surface area contributed by atoms with Crippen LogP contribution in [-0.4, -0.2) is 18.0 Å². The molecule has 0 bridgehead atoms. The maximum absolute atomic E-state index is 12.2. The van der Waals surface area contributed by atoms with Gasteiger partial charge < -0.3 is 10.1 Å². The van der Waals surface area contributed by atoms with Gasteiger partial charge in [-0.2, -0.15) is 0 Å². The first-order valence-electron chi connectivity index (χ1n) is 8.10. The summed E-state index contributed by atoms with van der Waals surface area (Å²) in [4.78, 5) is 25.0. The molecule has 1 aromatic carbocycles. The van der Waals surface area contributed by atoms with Crippen LogP contribution in [0.4, 0.5) is 5.69 Å². The zero-order valence-electron chi connectivity index (χ0n) is 13.4. The van der Waals surface area contributed by atoms with E-state index in [1.165, 1.54) is 17.8 Å². The first kappa shape index (κ1) is 18.6. The van der Waals surface area contributed by atoms with Gasteiger partial charge in [-0.15, -0.1) is 11.3 Å². The van der Waals surface area contributed by atoms with Crippen LogP contribution < -0.4 is 5.32 Å². The summed E-state index contributed by atoms with van der Waals surface area (Å²) in [7, 11) is 0. The zero-order chi connectivity index (χ0) is 17.8. The van der Waals surface area contributed by atoms with Gasteiger partial charge in [0.05, 0.1) is 14.2 Å². The molecule has 0 atom stereocenters. The summed E-state index contributed by atoms with van der Waals surface area (Å²) in [6, 6.07) is 8.56. The monoisotopic (exact) mass is 485 g/mol. The zero-order valence-corrected chi connectivity index (χ0v) is 17.4. The molecule has 4 nitrogen and oxygen atoms in total. The van der Waals surface area contributed by atoms with Gasteiger partial charge in [-0.1, -0.05) is 6.42 Å². The average Bonchev–Trinajstić information content (AvgIpc) is 2.95. The fraction of sp³-hybridized carbons (Fsp3) is 0.333. The molecular weight excluding hydrogens is 470 g/mol. The molecule has 0 spiro atoms. The maximum Gasteiger partial charge on any atom is 0.338 e. The van der Waals surface area contributed by atoms with Gasteiger partial charge >= 0.3 is 5.97 Å². The molecule has 132 valence electrons. The molecule has 1 fully saturated rings. The van der Waals surface area contributed by atoms with Gasteiger partial charge in [-0.3, -0.25) is 4.79 Å².